The molecule has 0 saturated heterocycles. The minimum atomic E-state index is 0. The van der Waals surface area contributed by atoms with E-state index in [1.165, 1.54) is 19.3 Å². The number of hydrogen-bond acceptors (Lipinski definition) is 0. The molecule has 1 fully saturated rings. The lowest BCUT2D eigenvalue weighted by molar-refractivity contribution is 0.0201. The van der Waals surface area contributed by atoms with Crippen LogP contribution >= 0.6 is 0 Å². The van der Waals surface area contributed by atoms with Gasteiger partial charge in [0.15, 0.2) is 0 Å². The highest BCUT2D eigenvalue weighted by atomic mass is 14.5. The van der Waals surface area contributed by atoms with Gasteiger partial charge >= 0.3 is 0 Å². The van der Waals surface area contributed by atoms with Crippen molar-refractivity contribution in [3.63, 3.8) is 0 Å². The van der Waals surface area contributed by atoms with Crippen LogP contribution in [0.2, 0.25) is 0 Å². The maximum atomic E-state index is 2.35. The van der Waals surface area contributed by atoms with Gasteiger partial charge in [-0.15, -0.1) is 0 Å². The molecule has 0 heteroatoms. The average molecular weight is 172 g/mol. The molecule has 12 heavy (non-hydrogen) atoms. The van der Waals surface area contributed by atoms with Gasteiger partial charge in [0.05, 0.1) is 0 Å². The second-order valence-corrected chi connectivity index (χ2v) is 5.39. The van der Waals surface area contributed by atoms with E-state index in [0.717, 1.165) is 0 Å². The summed E-state index contributed by atoms with van der Waals surface area (Å²) in [6.07, 6.45) is 4.06. The van der Waals surface area contributed by atoms with Crippen LogP contribution in [0.25, 0.3) is 0 Å². The van der Waals surface area contributed by atoms with Crippen molar-refractivity contribution in [2.24, 2.45) is 10.8 Å². The van der Waals surface area contributed by atoms with Gasteiger partial charge in [-0.25, -0.2) is 0 Å². The summed E-state index contributed by atoms with van der Waals surface area (Å²) in [6, 6.07) is 0. The minimum absolute atomic E-state index is 0. The van der Waals surface area contributed by atoms with Crippen molar-refractivity contribution in [3.05, 3.63) is 0 Å². The Labute approximate surface area is 79.8 Å². The maximum Gasteiger partial charge on any atom is -0.0344 e. The molecule has 1 saturated carbocycles. The summed E-state index contributed by atoms with van der Waals surface area (Å²) in [6.45, 7) is 13.6. The first kappa shape index (κ1) is 14.5. The molecule has 0 aliphatic heterocycles. The molecule has 0 aromatic rings. The molecule has 0 nitrogen and oxygen atoms in total. The third kappa shape index (κ3) is 5.62. The van der Waals surface area contributed by atoms with Crippen LogP contribution in [0.1, 0.15) is 68.2 Å². The highest BCUT2D eigenvalue weighted by molar-refractivity contribution is 4.92. The van der Waals surface area contributed by atoms with Crippen LogP contribution in [0.5, 0.6) is 0 Å². The Hall–Kier alpha value is 0. The van der Waals surface area contributed by atoms with Crippen molar-refractivity contribution in [3.8, 4) is 0 Å². The van der Waals surface area contributed by atoms with Crippen LogP contribution in [0.4, 0.5) is 0 Å². The molecule has 1 aliphatic carbocycles. The van der Waals surface area contributed by atoms with E-state index in [1.807, 2.05) is 0 Å². The zero-order valence-electron chi connectivity index (χ0n) is 9.12. The molecule has 0 atom stereocenters. The van der Waals surface area contributed by atoms with E-state index in [4.69, 9.17) is 0 Å². The van der Waals surface area contributed by atoms with Gasteiger partial charge in [0, 0.05) is 0 Å². The van der Waals surface area contributed by atoms with Gasteiger partial charge in [0.25, 0.3) is 0 Å². The average Bonchev–Trinajstić information content (AvgIpc) is 1.57. The molecule has 0 heterocycles. The first-order valence-corrected chi connectivity index (χ1v) is 4.83. The van der Waals surface area contributed by atoms with E-state index in [0.29, 0.717) is 10.8 Å². The summed E-state index contributed by atoms with van der Waals surface area (Å²) in [5.41, 5.74) is 1.31. The Balaban J connectivity index is 0. The summed E-state index contributed by atoms with van der Waals surface area (Å²) < 4.78 is 0. The van der Waals surface area contributed by atoms with E-state index < -0.39 is 0 Å². The fourth-order valence-electron chi connectivity index (χ4n) is 2.54. The van der Waals surface area contributed by atoms with Gasteiger partial charge in [-0.2, -0.15) is 0 Å². The molecular formula is C12H28. The van der Waals surface area contributed by atoms with Gasteiger partial charge < -0.3 is 0 Å². The molecule has 76 valence electrons. The highest BCUT2D eigenvalue weighted by Gasteiger charge is 2.41. The Morgan fingerprint density at radius 2 is 1.00 bits per heavy atom. The lowest BCUT2D eigenvalue weighted by atomic mass is 9.56. The largest absolute Gasteiger partial charge is 0.0776 e. The smallest absolute Gasteiger partial charge is 0.0344 e. The van der Waals surface area contributed by atoms with Crippen LogP contribution in [-0.4, -0.2) is 0 Å². The topological polar surface area (TPSA) is 0 Å². The van der Waals surface area contributed by atoms with E-state index >= 15 is 0 Å². The molecular weight excluding hydrogens is 144 g/mol. The first-order valence-electron chi connectivity index (χ1n) is 4.83. The van der Waals surface area contributed by atoms with Crippen LogP contribution in [0.15, 0.2) is 0 Å². The SMILES string of the molecule is C.CC1(C)CC(C)(C)C1.CCC. The second-order valence-electron chi connectivity index (χ2n) is 5.39. The van der Waals surface area contributed by atoms with Gasteiger partial charge in [0.1, 0.15) is 0 Å². The third-order valence-corrected chi connectivity index (χ3v) is 1.91. The molecule has 0 amide bonds. The van der Waals surface area contributed by atoms with E-state index in [1.54, 1.807) is 0 Å². The highest BCUT2D eigenvalue weighted by Crippen LogP contribution is 2.53. The predicted molar refractivity (Wildman–Crippen MR) is 59.5 cm³/mol. The minimum Gasteiger partial charge on any atom is -0.0776 e. The lowest BCUT2D eigenvalue weighted by Crippen LogP contribution is -2.38. The maximum absolute atomic E-state index is 2.35. The molecule has 0 N–H and O–H groups in total. The normalized spacial score (nSPS) is 22.5. The Morgan fingerprint density at radius 1 is 0.833 bits per heavy atom. The second kappa shape index (κ2) is 4.89. The van der Waals surface area contributed by atoms with Crippen molar-refractivity contribution >= 4 is 0 Å². The monoisotopic (exact) mass is 172 g/mol. The zero-order chi connectivity index (χ0) is 9.12. The van der Waals surface area contributed by atoms with Crippen LogP contribution in [0.3, 0.4) is 0 Å². The van der Waals surface area contributed by atoms with Gasteiger partial charge in [-0.1, -0.05) is 55.4 Å². The zero-order valence-corrected chi connectivity index (χ0v) is 9.12. The van der Waals surface area contributed by atoms with E-state index in [2.05, 4.69) is 41.5 Å². The van der Waals surface area contributed by atoms with Crippen molar-refractivity contribution in [2.45, 2.75) is 68.2 Å². The number of rotatable bonds is 0. The van der Waals surface area contributed by atoms with Crippen LogP contribution < -0.4 is 0 Å². The summed E-state index contributed by atoms with van der Waals surface area (Å²) in [5.74, 6) is 0. The van der Waals surface area contributed by atoms with Crippen molar-refractivity contribution in [2.75, 3.05) is 0 Å². The van der Waals surface area contributed by atoms with Crippen LogP contribution in [-0.2, 0) is 0 Å². The van der Waals surface area contributed by atoms with Crippen molar-refractivity contribution in [1.29, 1.82) is 0 Å². The summed E-state index contributed by atoms with van der Waals surface area (Å²) in [5, 5.41) is 0. The summed E-state index contributed by atoms with van der Waals surface area (Å²) in [4.78, 5) is 0. The number of hydrogen-bond donors (Lipinski definition) is 0. The fourth-order valence-corrected chi connectivity index (χ4v) is 2.54. The Morgan fingerprint density at radius 3 is 1.00 bits per heavy atom. The van der Waals surface area contributed by atoms with Gasteiger partial charge in [0.2, 0.25) is 0 Å². The van der Waals surface area contributed by atoms with Crippen molar-refractivity contribution in [1.82, 2.24) is 0 Å². The first-order chi connectivity index (χ1) is 4.83. The predicted octanol–water partition coefficient (Wildman–Crippen LogP) is 4.89. The molecule has 0 unspecified atom stereocenters. The summed E-state index contributed by atoms with van der Waals surface area (Å²) in [7, 11) is 0. The van der Waals surface area contributed by atoms with E-state index in [-0.39, 0.29) is 7.43 Å². The van der Waals surface area contributed by atoms with E-state index in [9.17, 15) is 0 Å². The molecule has 0 radical (unpaired) electrons. The molecule has 0 spiro atoms. The van der Waals surface area contributed by atoms with Crippen LogP contribution in [0, 0.1) is 10.8 Å². The van der Waals surface area contributed by atoms with Crippen molar-refractivity contribution < 1.29 is 0 Å². The molecule has 1 rings (SSSR count). The lowest BCUT2D eigenvalue weighted by Gasteiger charge is -2.49. The Kier molecular flexibility index (Phi) is 5.92. The molecule has 0 bridgehead atoms. The third-order valence-electron chi connectivity index (χ3n) is 1.91. The molecule has 0 aromatic carbocycles. The molecule has 1 aliphatic rings. The standard InChI is InChI=1S/C8H16.C3H8.CH4/c1-7(2)5-8(3,4)6-7;1-3-2;/h5-6H2,1-4H3;3H2,1-2H3;1H4. The fraction of sp³-hybridized carbons (Fsp3) is 1.00. The summed E-state index contributed by atoms with van der Waals surface area (Å²) >= 11 is 0. The van der Waals surface area contributed by atoms with Gasteiger partial charge in [-0.3, -0.25) is 0 Å². The van der Waals surface area contributed by atoms with Gasteiger partial charge in [-0.05, 0) is 23.7 Å². The molecule has 0 aromatic heterocycles. The quantitative estimate of drug-likeness (QED) is 0.488. The Bertz CT molecular complexity index is 87.2.